The Morgan fingerprint density at radius 3 is 2.42 bits per heavy atom. The van der Waals surface area contributed by atoms with E-state index in [0.29, 0.717) is 18.5 Å². The molecule has 0 spiro atoms. The molecule has 0 saturated carbocycles. The van der Waals surface area contributed by atoms with Gasteiger partial charge in [-0.15, -0.1) is 0 Å². The monoisotopic (exact) mass is 271 g/mol. The molecule has 19 heavy (non-hydrogen) atoms. The molecule has 0 radical (unpaired) electrons. The van der Waals surface area contributed by atoms with E-state index in [0.717, 1.165) is 0 Å². The minimum atomic E-state index is -2.51. The van der Waals surface area contributed by atoms with Crippen LogP contribution >= 0.6 is 0 Å². The van der Waals surface area contributed by atoms with E-state index in [1.807, 2.05) is 32.8 Å². The highest BCUT2D eigenvalue weighted by Gasteiger charge is 2.34. The van der Waals surface area contributed by atoms with Gasteiger partial charge >= 0.3 is 0 Å². The molecule has 2 nitrogen and oxygen atoms in total. The Kier molecular flexibility index (Phi) is 5.44. The quantitative estimate of drug-likeness (QED) is 0.857. The van der Waals surface area contributed by atoms with Crippen molar-refractivity contribution in [1.29, 1.82) is 0 Å². The van der Waals surface area contributed by atoms with Crippen molar-refractivity contribution < 1.29 is 13.9 Å². The zero-order valence-corrected chi connectivity index (χ0v) is 12.0. The molecule has 0 amide bonds. The van der Waals surface area contributed by atoms with Gasteiger partial charge in [0.15, 0.2) is 0 Å². The maximum absolute atomic E-state index is 12.8. The van der Waals surface area contributed by atoms with Gasteiger partial charge in [0.1, 0.15) is 0 Å². The van der Waals surface area contributed by atoms with Crippen molar-refractivity contribution in [3.05, 3.63) is 35.4 Å². The normalized spacial score (nSPS) is 16.7. The number of hydrogen-bond donors (Lipinski definition) is 1. The summed E-state index contributed by atoms with van der Waals surface area (Å²) >= 11 is 0. The molecule has 0 aliphatic rings. The van der Waals surface area contributed by atoms with E-state index in [2.05, 4.69) is 0 Å². The van der Waals surface area contributed by atoms with Crippen LogP contribution in [0.5, 0.6) is 0 Å². The lowest BCUT2D eigenvalue weighted by Crippen LogP contribution is -2.38. The molecule has 0 bridgehead atoms. The fourth-order valence-corrected chi connectivity index (χ4v) is 2.48. The standard InChI is InChI=1S/C15H23F2NO/c1-5-15(19,11(2)10-18(3)4)13-8-6-7-12(9-13)14(16)17/h6-9,11,14,19H,5,10H2,1-4H3. The Hall–Kier alpha value is -1.00. The maximum Gasteiger partial charge on any atom is 0.263 e. The minimum absolute atomic E-state index is 0.0403. The van der Waals surface area contributed by atoms with Crippen LogP contribution in [-0.2, 0) is 5.60 Å². The molecule has 0 fully saturated rings. The third-order valence-corrected chi connectivity index (χ3v) is 3.63. The number of hydrogen-bond acceptors (Lipinski definition) is 2. The number of halogens is 2. The molecule has 0 saturated heterocycles. The highest BCUT2D eigenvalue weighted by molar-refractivity contribution is 5.29. The number of nitrogens with zero attached hydrogens (tertiary/aromatic N) is 1. The molecule has 1 aromatic rings. The molecule has 0 aromatic heterocycles. The molecule has 4 heteroatoms. The van der Waals surface area contributed by atoms with E-state index in [9.17, 15) is 13.9 Å². The molecule has 1 rings (SSSR count). The highest BCUT2D eigenvalue weighted by atomic mass is 19.3. The van der Waals surface area contributed by atoms with Crippen LogP contribution in [0.2, 0.25) is 0 Å². The van der Waals surface area contributed by atoms with E-state index in [-0.39, 0.29) is 11.5 Å². The van der Waals surface area contributed by atoms with Crippen molar-refractivity contribution in [2.45, 2.75) is 32.3 Å². The van der Waals surface area contributed by atoms with Crippen molar-refractivity contribution in [3.8, 4) is 0 Å². The van der Waals surface area contributed by atoms with E-state index in [4.69, 9.17) is 0 Å². The highest BCUT2D eigenvalue weighted by Crippen LogP contribution is 2.35. The summed E-state index contributed by atoms with van der Waals surface area (Å²) in [6.07, 6.45) is -2.01. The van der Waals surface area contributed by atoms with E-state index in [1.165, 1.54) is 12.1 Å². The summed E-state index contributed by atoms with van der Waals surface area (Å²) in [7, 11) is 3.87. The Bertz CT molecular complexity index is 409. The lowest BCUT2D eigenvalue weighted by molar-refractivity contribution is -0.0293. The third-order valence-electron chi connectivity index (χ3n) is 3.63. The lowest BCUT2D eigenvalue weighted by atomic mass is 9.79. The molecule has 1 aromatic carbocycles. The molecule has 108 valence electrons. The molecule has 2 unspecified atom stereocenters. The van der Waals surface area contributed by atoms with Gasteiger partial charge in [-0.3, -0.25) is 0 Å². The molecule has 0 aliphatic heterocycles. The fourth-order valence-electron chi connectivity index (χ4n) is 2.48. The smallest absolute Gasteiger partial charge is 0.263 e. The third kappa shape index (κ3) is 3.74. The maximum atomic E-state index is 12.8. The second-order valence-electron chi connectivity index (χ2n) is 5.37. The Morgan fingerprint density at radius 1 is 1.32 bits per heavy atom. The number of benzene rings is 1. The zero-order valence-electron chi connectivity index (χ0n) is 12.0. The van der Waals surface area contributed by atoms with Crippen molar-refractivity contribution >= 4 is 0 Å². The summed E-state index contributed by atoms with van der Waals surface area (Å²) in [6.45, 7) is 4.52. The summed E-state index contributed by atoms with van der Waals surface area (Å²) in [5.41, 5.74) is -0.543. The van der Waals surface area contributed by atoms with Gasteiger partial charge in [0, 0.05) is 18.0 Å². The van der Waals surface area contributed by atoms with Crippen LogP contribution in [0.15, 0.2) is 24.3 Å². The fraction of sp³-hybridized carbons (Fsp3) is 0.600. The van der Waals surface area contributed by atoms with Gasteiger partial charge in [-0.25, -0.2) is 8.78 Å². The summed E-state index contributed by atoms with van der Waals surface area (Å²) < 4.78 is 25.5. The molecule has 0 heterocycles. The van der Waals surface area contributed by atoms with Crippen molar-refractivity contribution in [2.24, 2.45) is 5.92 Å². The van der Waals surface area contributed by atoms with Crippen molar-refractivity contribution in [2.75, 3.05) is 20.6 Å². The van der Waals surface area contributed by atoms with Gasteiger partial charge in [0.25, 0.3) is 6.43 Å². The van der Waals surface area contributed by atoms with Crippen LogP contribution < -0.4 is 0 Å². The van der Waals surface area contributed by atoms with Gasteiger partial charge in [-0.1, -0.05) is 32.0 Å². The van der Waals surface area contributed by atoms with Crippen LogP contribution in [-0.4, -0.2) is 30.6 Å². The predicted molar refractivity (Wildman–Crippen MR) is 73.3 cm³/mol. The van der Waals surface area contributed by atoms with Crippen LogP contribution in [0.3, 0.4) is 0 Å². The summed E-state index contributed by atoms with van der Waals surface area (Å²) in [6, 6.07) is 6.11. The first kappa shape index (κ1) is 16.1. The Labute approximate surface area is 114 Å². The average Bonchev–Trinajstić information content (AvgIpc) is 2.37. The van der Waals surface area contributed by atoms with Crippen LogP contribution in [0.4, 0.5) is 8.78 Å². The van der Waals surface area contributed by atoms with E-state index >= 15 is 0 Å². The molecule has 1 N–H and O–H groups in total. The van der Waals surface area contributed by atoms with Crippen LogP contribution in [0, 0.1) is 5.92 Å². The van der Waals surface area contributed by atoms with Gasteiger partial charge in [0.2, 0.25) is 0 Å². The molecular formula is C15H23F2NO. The lowest BCUT2D eigenvalue weighted by Gasteiger charge is -2.35. The second-order valence-corrected chi connectivity index (χ2v) is 5.37. The first-order valence-electron chi connectivity index (χ1n) is 6.57. The largest absolute Gasteiger partial charge is 0.385 e. The Balaban J connectivity index is 3.10. The summed E-state index contributed by atoms with van der Waals surface area (Å²) in [4.78, 5) is 1.99. The van der Waals surface area contributed by atoms with Gasteiger partial charge < -0.3 is 10.0 Å². The molecule has 0 aliphatic carbocycles. The first-order valence-corrected chi connectivity index (χ1v) is 6.57. The number of aliphatic hydroxyl groups is 1. The Morgan fingerprint density at radius 2 is 1.95 bits per heavy atom. The van der Waals surface area contributed by atoms with E-state index < -0.39 is 12.0 Å². The SMILES string of the molecule is CCC(O)(c1cccc(C(F)F)c1)C(C)CN(C)C. The van der Waals surface area contributed by atoms with Crippen LogP contribution in [0.1, 0.15) is 37.8 Å². The minimum Gasteiger partial charge on any atom is -0.385 e. The van der Waals surface area contributed by atoms with Crippen LogP contribution in [0.25, 0.3) is 0 Å². The average molecular weight is 271 g/mol. The second kappa shape index (κ2) is 6.44. The first-order chi connectivity index (χ1) is 8.81. The van der Waals surface area contributed by atoms with Gasteiger partial charge in [0.05, 0.1) is 5.60 Å². The topological polar surface area (TPSA) is 23.5 Å². The van der Waals surface area contributed by atoms with Crippen molar-refractivity contribution in [1.82, 2.24) is 4.90 Å². The summed E-state index contributed by atoms with van der Waals surface area (Å²) in [5, 5.41) is 10.8. The molecular weight excluding hydrogens is 248 g/mol. The number of alkyl halides is 2. The number of rotatable bonds is 6. The zero-order chi connectivity index (χ0) is 14.6. The predicted octanol–water partition coefficient (Wildman–Crippen LogP) is 3.42. The molecule has 2 atom stereocenters. The van der Waals surface area contributed by atoms with E-state index in [1.54, 1.807) is 12.1 Å². The van der Waals surface area contributed by atoms with Gasteiger partial charge in [-0.05, 0) is 32.1 Å². The van der Waals surface area contributed by atoms with Gasteiger partial charge in [-0.2, -0.15) is 0 Å². The summed E-state index contributed by atoms with van der Waals surface area (Å²) in [5.74, 6) is -0.0413. The van der Waals surface area contributed by atoms with Crippen molar-refractivity contribution in [3.63, 3.8) is 0 Å².